The van der Waals surface area contributed by atoms with Crippen molar-refractivity contribution >= 4 is 27.5 Å². The van der Waals surface area contributed by atoms with Crippen LogP contribution < -0.4 is 0 Å². The van der Waals surface area contributed by atoms with Crippen LogP contribution in [0, 0.1) is 11.7 Å². The molecule has 19 heavy (non-hydrogen) atoms. The fourth-order valence-corrected chi connectivity index (χ4v) is 2.69. The minimum atomic E-state index is -0.121. The van der Waals surface area contributed by atoms with Crippen LogP contribution in [0.3, 0.4) is 0 Å². The van der Waals surface area contributed by atoms with Crippen molar-refractivity contribution in [2.45, 2.75) is 12.8 Å². The molecule has 1 unspecified atom stereocenters. The molecule has 2 rings (SSSR count). The summed E-state index contributed by atoms with van der Waals surface area (Å²) >= 11 is 9.40. The van der Waals surface area contributed by atoms with Crippen LogP contribution in [0.4, 0.5) is 4.39 Å². The van der Waals surface area contributed by atoms with E-state index in [1.807, 2.05) is 36.4 Å². The molecule has 0 N–H and O–H groups in total. The second kappa shape index (κ2) is 7.06. The lowest BCUT2D eigenvalue weighted by Gasteiger charge is -2.14. The van der Waals surface area contributed by atoms with E-state index in [1.165, 1.54) is 11.6 Å². The average Bonchev–Trinajstić information content (AvgIpc) is 2.43. The Morgan fingerprint density at radius 3 is 2.32 bits per heavy atom. The van der Waals surface area contributed by atoms with E-state index in [1.54, 1.807) is 6.07 Å². The highest BCUT2D eigenvalue weighted by atomic mass is 79.9. The number of halogens is 3. The van der Waals surface area contributed by atoms with Crippen LogP contribution >= 0.6 is 27.5 Å². The normalized spacial score (nSPS) is 12.4. The van der Waals surface area contributed by atoms with Gasteiger partial charge in [0, 0.05) is 10.4 Å². The lowest BCUT2D eigenvalue weighted by molar-refractivity contribution is 0.550. The van der Waals surface area contributed by atoms with Crippen molar-refractivity contribution in [3.8, 4) is 0 Å². The number of hydrogen-bond acceptors (Lipinski definition) is 0. The van der Waals surface area contributed by atoms with Gasteiger partial charge in [-0.3, -0.25) is 0 Å². The smallest absolute Gasteiger partial charge is 0.126 e. The summed E-state index contributed by atoms with van der Waals surface area (Å²) in [4.78, 5) is 0. The average molecular weight is 342 g/mol. The van der Waals surface area contributed by atoms with Crippen LogP contribution in [-0.2, 0) is 12.8 Å². The molecule has 0 spiro atoms. The summed E-state index contributed by atoms with van der Waals surface area (Å²) < 4.78 is 13.6. The monoisotopic (exact) mass is 340 g/mol. The second-order valence-electron chi connectivity index (χ2n) is 4.65. The topological polar surface area (TPSA) is 0 Å². The Labute approximate surface area is 126 Å². The zero-order valence-electron chi connectivity index (χ0n) is 10.5. The maximum atomic E-state index is 13.6. The molecule has 0 saturated heterocycles. The summed E-state index contributed by atoms with van der Waals surface area (Å²) in [6.07, 6.45) is 1.65. The van der Waals surface area contributed by atoms with E-state index in [4.69, 9.17) is 11.6 Å². The van der Waals surface area contributed by atoms with Crippen molar-refractivity contribution in [1.82, 2.24) is 0 Å². The van der Waals surface area contributed by atoms with E-state index in [-0.39, 0.29) is 5.82 Å². The molecule has 100 valence electrons. The van der Waals surface area contributed by atoms with Gasteiger partial charge in [-0.25, -0.2) is 4.39 Å². The van der Waals surface area contributed by atoms with E-state index in [0.29, 0.717) is 5.92 Å². The molecule has 0 bridgehead atoms. The minimum absolute atomic E-state index is 0.121. The van der Waals surface area contributed by atoms with Crippen LogP contribution in [0.25, 0.3) is 0 Å². The SMILES string of the molecule is Fc1ccccc1CC(CBr)Cc1ccc(Cl)cc1. The zero-order chi connectivity index (χ0) is 13.7. The molecule has 0 aromatic heterocycles. The van der Waals surface area contributed by atoms with Gasteiger partial charge in [0.2, 0.25) is 0 Å². The van der Waals surface area contributed by atoms with Gasteiger partial charge in [-0.05, 0) is 48.1 Å². The first-order valence-corrected chi connectivity index (χ1v) is 7.73. The lowest BCUT2D eigenvalue weighted by Crippen LogP contribution is -2.11. The van der Waals surface area contributed by atoms with Gasteiger partial charge < -0.3 is 0 Å². The molecule has 2 aromatic rings. The van der Waals surface area contributed by atoms with Gasteiger partial charge in [0.1, 0.15) is 5.82 Å². The van der Waals surface area contributed by atoms with Crippen molar-refractivity contribution in [2.75, 3.05) is 5.33 Å². The Hall–Kier alpha value is -0.860. The van der Waals surface area contributed by atoms with Gasteiger partial charge in [-0.1, -0.05) is 57.9 Å². The van der Waals surface area contributed by atoms with Crippen molar-refractivity contribution < 1.29 is 4.39 Å². The quantitative estimate of drug-likeness (QED) is 0.649. The molecule has 1 atom stereocenters. The highest BCUT2D eigenvalue weighted by Gasteiger charge is 2.12. The van der Waals surface area contributed by atoms with Crippen LogP contribution in [0.1, 0.15) is 11.1 Å². The Kier molecular flexibility index (Phi) is 5.41. The van der Waals surface area contributed by atoms with Crippen LogP contribution in [0.2, 0.25) is 5.02 Å². The van der Waals surface area contributed by atoms with Gasteiger partial charge in [0.15, 0.2) is 0 Å². The molecule has 0 nitrogen and oxygen atoms in total. The van der Waals surface area contributed by atoms with Crippen molar-refractivity contribution in [3.05, 3.63) is 70.5 Å². The van der Waals surface area contributed by atoms with Crippen molar-refractivity contribution in [1.29, 1.82) is 0 Å². The molecule has 0 heterocycles. The molecular formula is C16H15BrClF. The Morgan fingerprint density at radius 1 is 1.00 bits per heavy atom. The molecule has 2 aromatic carbocycles. The Bertz CT molecular complexity index is 525. The molecular weight excluding hydrogens is 327 g/mol. The number of hydrogen-bond donors (Lipinski definition) is 0. The van der Waals surface area contributed by atoms with Crippen LogP contribution in [0.5, 0.6) is 0 Å². The standard InChI is InChI=1S/C16H15BrClF/c17-11-13(9-12-5-7-15(18)8-6-12)10-14-3-1-2-4-16(14)19/h1-8,13H,9-11H2. The molecule has 0 aliphatic heterocycles. The summed E-state index contributed by atoms with van der Waals surface area (Å²) in [7, 11) is 0. The van der Waals surface area contributed by atoms with Gasteiger partial charge in [0.25, 0.3) is 0 Å². The molecule has 0 saturated carbocycles. The molecule has 0 aliphatic carbocycles. The lowest BCUT2D eigenvalue weighted by atomic mass is 9.94. The number of alkyl halides is 1. The first-order chi connectivity index (χ1) is 9.19. The van der Waals surface area contributed by atoms with Gasteiger partial charge in [-0.2, -0.15) is 0 Å². The highest BCUT2D eigenvalue weighted by molar-refractivity contribution is 9.09. The fraction of sp³-hybridized carbons (Fsp3) is 0.250. The molecule has 0 fully saturated rings. The van der Waals surface area contributed by atoms with Crippen LogP contribution in [-0.4, -0.2) is 5.33 Å². The maximum Gasteiger partial charge on any atom is 0.126 e. The Balaban J connectivity index is 2.05. The summed E-state index contributed by atoms with van der Waals surface area (Å²) in [6.45, 7) is 0. The van der Waals surface area contributed by atoms with Gasteiger partial charge >= 0.3 is 0 Å². The number of benzene rings is 2. The second-order valence-corrected chi connectivity index (χ2v) is 5.73. The molecule has 3 heteroatoms. The first kappa shape index (κ1) is 14.5. The van der Waals surface area contributed by atoms with E-state index < -0.39 is 0 Å². The third kappa shape index (κ3) is 4.32. The first-order valence-electron chi connectivity index (χ1n) is 6.23. The van der Waals surface area contributed by atoms with Gasteiger partial charge in [-0.15, -0.1) is 0 Å². The van der Waals surface area contributed by atoms with E-state index in [2.05, 4.69) is 15.9 Å². The Morgan fingerprint density at radius 2 is 1.68 bits per heavy atom. The largest absolute Gasteiger partial charge is 0.207 e. The zero-order valence-corrected chi connectivity index (χ0v) is 12.8. The van der Waals surface area contributed by atoms with E-state index >= 15 is 0 Å². The molecule has 0 radical (unpaired) electrons. The third-order valence-electron chi connectivity index (χ3n) is 3.12. The number of rotatable bonds is 5. The van der Waals surface area contributed by atoms with E-state index in [0.717, 1.165) is 28.8 Å². The maximum absolute atomic E-state index is 13.6. The minimum Gasteiger partial charge on any atom is -0.207 e. The van der Waals surface area contributed by atoms with Gasteiger partial charge in [0.05, 0.1) is 0 Å². The summed E-state index contributed by atoms with van der Waals surface area (Å²) in [5, 5.41) is 1.59. The summed E-state index contributed by atoms with van der Waals surface area (Å²) in [5.41, 5.74) is 2.01. The predicted octanol–water partition coefficient (Wildman–Crippen LogP) is 5.28. The molecule has 0 aliphatic rings. The highest BCUT2D eigenvalue weighted by Crippen LogP contribution is 2.20. The van der Waals surface area contributed by atoms with Crippen LogP contribution in [0.15, 0.2) is 48.5 Å². The summed E-state index contributed by atoms with van der Waals surface area (Å²) in [6, 6.07) is 14.8. The predicted molar refractivity (Wildman–Crippen MR) is 82.5 cm³/mol. The fourth-order valence-electron chi connectivity index (χ4n) is 2.11. The van der Waals surface area contributed by atoms with E-state index in [9.17, 15) is 4.39 Å². The summed E-state index contributed by atoms with van der Waals surface area (Å²) in [5.74, 6) is 0.252. The van der Waals surface area contributed by atoms with Crippen molar-refractivity contribution in [3.63, 3.8) is 0 Å². The van der Waals surface area contributed by atoms with Crippen molar-refractivity contribution in [2.24, 2.45) is 5.92 Å². The molecule has 0 amide bonds. The third-order valence-corrected chi connectivity index (χ3v) is 4.29.